The van der Waals surface area contributed by atoms with Crippen LogP contribution in [0.2, 0.25) is 0 Å². The lowest BCUT2D eigenvalue weighted by Crippen LogP contribution is -2.18. The Balaban J connectivity index is 1.87. The van der Waals surface area contributed by atoms with E-state index in [2.05, 4.69) is 29.8 Å². The van der Waals surface area contributed by atoms with Crippen LogP contribution in [-0.4, -0.2) is 19.2 Å². The molecule has 1 N–H and O–H groups in total. The summed E-state index contributed by atoms with van der Waals surface area (Å²) in [5.74, 6) is 0. The smallest absolute Gasteiger partial charge is 0.0893 e. The van der Waals surface area contributed by atoms with Gasteiger partial charge in [-0.3, -0.25) is 0 Å². The van der Waals surface area contributed by atoms with Crippen LogP contribution >= 0.6 is 11.3 Å². The first kappa shape index (κ1) is 9.19. The summed E-state index contributed by atoms with van der Waals surface area (Å²) in [5, 5.41) is 5.40. The number of rotatable bonds is 3. The van der Waals surface area contributed by atoms with Crippen molar-refractivity contribution >= 4 is 11.3 Å². The molecule has 0 unspecified atom stereocenters. The molecule has 1 aromatic heterocycles. The standard InChI is InChI=1S/C10H15NOS/c1-8(10-3-2-6-13-10)12-9-4-5-11-7-9/h2-3,6,8-9,11H,4-5,7H2,1H3/t8-,9+/m1/s1. The molecule has 1 aromatic rings. The lowest BCUT2D eigenvalue weighted by Gasteiger charge is -2.16. The van der Waals surface area contributed by atoms with Crippen molar-refractivity contribution in [2.75, 3.05) is 13.1 Å². The summed E-state index contributed by atoms with van der Waals surface area (Å²) >= 11 is 1.77. The van der Waals surface area contributed by atoms with E-state index in [4.69, 9.17) is 4.74 Å². The second kappa shape index (κ2) is 4.22. The van der Waals surface area contributed by atoms with Gasteiger partial charge in [-0.05, 0) is 31.3 Å². The van der Waals surface area contributed by atoms with E-state index in [9.17, 15) is 0 Å². The Morgan fingerprint density at radius 3 is 3.23 bits per heavy atom. The highest BCUT2D eigenvalue weighted by molar-refractivity contribution is 7.10. The lowest BCUT2D eigenvalue weighted by atomic mass is 10.3. The molecule has 13 heavy (non-hydrogen) atoms. The quantitative estimate of drug-likeness (QED) is 0.802. The molecule has 0 radical (unpaired) electrons. The predicted octanol–water partition coefficient (Wildman–Crippen LogP) is 2.19. The zero-order valence-electron chi connectivity index (χ0n) is 7.82. The van der Waals surface area contributed by atoms with Crippen molar-refractivity contribution in [2.24, 2.45) is 0 Å². The third kappa shape index (κ3) is 2.30. The minimum atomic E-state index is 0.255. The third-order valence-corrected chi connectivity index (χ3v) is 3.39. The molecular formula is C10H15NOS. The molecule has 1 aliphatic heterocycles. The molecule has 0 amide bonds. The van der Waals surface area contributed by atoms with Crippen LogP contribution in [0.15, 0.2) is 17.5 Å². The van der Waals surface area contributed by atoms with Gasteiger partial charge in [-0.1, -0.05) is 6.07 Å². The highest BCUT2D eigenvalue weighted by Crippen LogP contribution is 2.24. The summed E-state index contributed by atoms with van der Waals surface area (Å²) in [5.41, 5.74) is 0. The van der Waals surface area contributed by atoms with Crippen LogP contribution in [0.3, 0.4) is 0 Å². The molecule has 0 aromatic carbocycles. The molecule has 3 heteroatoms. The van der Waals surface area contributed by atoms with Gasteiger partial charge in [0.15, 0.2) is 0 Å². The fraction of sp³-hybridized carbons (Fsp3) is 0.600. The van der Waals surface area contributed by atoms with Gasteiger partial charge >= 0.3 is 0 Å². The Morgan fingerprint density at radius 1 is 1.69 bits per heavy atom. The van der Waals surface area contributed by atoms with Gasteiger partial charge in [-0.2, -0.15) is 0 Å². The van der Waals surface area contributed by atoms with Crippen LogP contribution in [0.4, 0.5) is 0 Å². The predicted molar refractivity (Wildman–Crippen MR) is 55.1 cm³/mol. The first-order chi connectivity index (χ1) is 6.36. The van der Waals surface area contributed by atoms with Crippen molar-refractivity contribution in [1.29, 1.82) is 0 Å². The zero-order chi connectivity index (χ0) is 9.10. The molecule has 1 saturated heterocycles. The van der Waals surface area contributed by atoms with E-state index in [0.29, 0.717) is 6.10 Å². The van der Waals surface area contributed by atoms with Crippen LogP contribution < -0.4 is 5.32 Å². The first-order valence-corrected chi connectivity index (χ1v) is 5.64. The normalized spacial score (nSPS) is 24.8. The summed E-state index contributed by atoms with van der Waals surface area (Å²) in [6.07, 6.45) is 1.82. The maximum Gasteiger partial charge on any atom is 0.0893 e. The van der Waals surface area contributed by atoms with Crippen molar-refractivity contribution in [3.63, 3.8) is 0 Å². The number of hydrogen-bond acceptors (Lipinski definition) is 3. The summed E-state index contributed by atoms with van der Waals surface area (Å²) < 4.78 is 5.90. The molecule has 0 spiro atoms. The second-order valence-electron chi connectivity index (χ2n) is 3.41. The van der Waals surface area contributed by atoms with Gasteiger partial charge in [0.1, 0.15) is 0 Å². The molecule has 2 nitrogen and oxygen atoms in total. The third-order valence-electron chi connectivity index (χ3n) is 2.36. The first-order valence-electron chi connectivity index (χ1n) is 4.76. The van der Waals surface area contributed by atoms with E-state index in [0.717, 1.165) is 19.5 Å². The molecule has 1 aliphatic rings. The van der Waals surface area contributed by atoms with Crippen LogP contribution in [0, 0.1) is 0 Å². The second-order valence-corrected chi connectivity index (χ2v) is 4.39. The van der Waals surface area contributed by atoms with E-state index in [1.165, 1.54) is 4.88 Å². The number of thiophene rings is 1. The maximum atomic E-state index is 5.90. The van der Waals surface area contributed by atoms with Crippen LogP contribution in [-0.2, 0) is 4.74 Å². The molecule has 72 valence electrons. The van der Waals surface area contributed by atoms with Crippen molar-refractivity contribution in [1.82, 2.24) is 5.32 Å². The number of hydrogen-bond donors (Lipinski definition) is 1. The van der Waals surface area contributed by atoms with E-state index in [1.807, 2.05) is 0 Å². The van der Waals surface area contributed by atoms with E-state index in [-0.39, 0.29) is 6.10 Å². The van der Waals surface area contributed by atoms with E-state index in [1.54, 1.807) is 11.3 Å². The molecule has 1 fully saturated rings. The summed E-state index contributed by atoms with van der Waals surface area (Å²) in [7, 11) is 0. The molecule has 2 rings (SSSR count). The van der Waals surface area contributed by atoms with Crippen molar-refractivity contribution in [3.8, 4) is 0 Å². The fourth-order valence-electron chi connectivity index (χ4n) is 1.62. The topological polar surface area (TPSA) is 21.3 Å². The van der Waals surface area contributed by atoms with Gasteiger partial charge in [0.2, 0.25) is 0 Å². The lowest BCUT2D eigenvalue weighted by molar-refractivity contribution is 0.0102. The van der Waals surface area contributed by atoms with Gasteiger partial charge in [0, 0.05) is 11.4 Å². The monoisotopic (exact) mass is 197 g/mol. The Hall–Kier alpha value is -0.380. The Kier molecular flexibility index (Phi) is 2.98. The fourth-order valence-corrected chi connectivity index (χ4v) is 2.34. The molecule has 0 bridgehead atoms. The average molecular weight is 197 g/mol. The Bertz CT molecular complexity index is 241. The minimum Gasteiger partial charge on any atom is -0.368 e. The van der Waals surface area contributed by atoms with Crippen molar-refractivity contribution in [3.05, 3.63) is 22.4 Å². The van der Waals surface area contributed by atoms with Gasteiger partial charge in [-0.15, -0.1) is 11.3 Å². The van der Waals surface area contributed by atoms with Gasteiger partial charge in [-0.25, -0.2) is 0 Å². The summed E-state index contributed by atoms with van der Waals surface area (Å²) in [6.45, 7) is 4.24. The van der Waals surface area contributed by atoms with Gasteiger partial charge < -0.3 is 10.1 Å². The highest BCUT2D eigenvalue weighted by atomic mass is 32.1. The van der Waals surface area contributed by atoms with Crippen LogP contribution in [0.25, 0.3) is 0 Å². The van der Waals surface area contributed by atoms with Crippen molar-refractivity contribution in [2.45, 2.75) is 25.6 Å². The van der Waals surface area contributed by atoms with Gasteiger partial charge in [0.25, 0.3) is 0 Å². The maximum absolute atomic E-state index is 5.90. The minimum absolute atomic E-state index is 0.255. The zero-order valence-corrected chi connectivity index (χ0v) is 8.64. The SMILES string of the molecule is C[C@@H](O[C@H]1CCNC1)c1cccs1. The molecule has 0 aliphatic carbocycles. The Morgan fingerprint density at radius 2 is 2.62 bits per heavy atom. The van der Waals surface area contributed by atoms with Crippen LogP contribution in [0.5, 0.6) is 0 Å². The highest BCUT2D eigenvalue weighted by Gasteiger charge is 2.18. The van der Waals surface area contributed by atoms with E-state index < -0.39 is 0 Å². The number of ether oxygens (including phenoxy) is 1. The molecular weight excluding hydrogens is 182 g/mol. The average Bonchev–Trinajstić information content (AvgIpc) is 2.74. The van der Waals surface area contributed by atoms with Crippen molar-refractivity contribution < 1.29 is 4.74 Å². The van der Waals surface area contributed by atoms with Crippen LogP contribution in [0.1, 0.15) is 24.3 Å². The molecule has 2 heterocycles. The summed E-state index contributed by atoms with van der Waals surface area (Å²) in [6, 6.07) is 4.21. The molecule has 2 atom stereocenters. The number of nitrogens with one attached hydrogen (secondary N) is 1. The largest absolute Gasteiger partial charge is 0.368 e. The Labute approximate surface area is 82.9 Å². The summed E-state index contributed by atoms with van der Waals surface area (Å²) in [4.78, 5) is 1.33. The van der Waals surface area contributed by atoms with Gasteiger partial charge in [0.05, 0.1) is 12.2 Å². The van der Waals surface area contributed by atoms with E-state index >= 15 is 0 Å². The molecule has 0 saturated carbocycles.